The first-order valence-corrected chi connectivity index (χ1v) is 4.37. The summed E-state index contributed by atoms with van der Waals surface area (Å²) in [4.78, 5) is 3.96. The molecule has 0 aromatic carbocycles. The van der Waals surface area contributed by atoms with Gasteiger partial charge in [-0.1, -0.05) is 18.7 Å². The van der Waals surface area contributed by atoms with Crippen LogP contribution in [0.4, 0.5) is 0 Å². The predicted octanol–water partition coefficient (Wildman–Crippen LogP) is 1.23. The van der Waals surface area contributed by atoms with Crippen molar-refractivity contribution in [3.05, 3.63) is 0 Å². The summed E-state index contributed by atoms with van der Waals surface area (Å²) in [7, 11) is 3.52. The number of nitrogens with zero attached hydrogens (tertiary/aromatic N) is 2. The smallest absolute Gasteiger partial charge is 0.157 e. The van der Waals surface area contributed by atoms with Gasteiger partial charge in [-0.05, 0) is 6.42 Å². The fourth-order valence-electron chi connectivity index (χ4n) is 0.559. The Bertz CT molecular complexity index is 171. The maximum atomic E-state index is 8.61. The first-order valence-electron chi connectivity index (χ1n) is 3.49. The molecule has 0 aromatic rings. The quantitative estimate of drug-likeness (QED) is 0.502. The average molecular weight is 171 g/mol. The van der Waals surface area contributed by atoms with E-state index in [4.69, 9.17) is 5.26 Å². The van der Waals surface area contributed by atoms with Crippen LogP contribution < -0.4 is 5.32 Å². The van der Waals surface area contributed by atoms with Gasteiger partial charge in [0.25, 0.3) is 0 Å². The lowest BCUT2D eigenvalue weighted by atomic mass is 10.4. The maximum absolute atomic E-state index is 8.61. The molecular weight excluding hydrogens is 158 g/mol. The lowest BCUT2D eigenvalue weighted by Crippen LogP contribution is -2.17. The van der Waals surface area contributed by atoms with Crippen molar-refractivity contribution in [2.75, 3.05) is 14.1 Å². The fourth-order valence-corrected chi connectivity index (χ4v) is 1.27. The Hall–Kier alpha value is -0.690. The third-order valence-electron chi connectivity index (χ3n) is 1.19. The number of nitriles is 1. The van der Waals surface area contributed by atoms with E-state index in [1.54, 1.807) is 14.1 Å². The molecule has 0 fully saturated rings. The van der Waals surface area contributed by atoms with Gasteiger partial charge in [0.15, 0.2) is 5.17 Å². The Kier molecular flexibility index (Phi) is 5.67. The molecule has 0 amide bonds. The normalized spacial score (nSPS) is 13.8. The highest BCUT2D eigenvalue weighted by atomic mass is 32.2. The van der Waals surface area contributed by atoms with E-state index in [0.717, 1.165) is 11.6 Å². The van der Waals surface area contributed by atoms with Crippen LogP contribution in [0.1, 0.15) is 13.3 Å². The Labute approximate surface area is 71.9 Å². The van der Waals surface area contributed by atoms with Gasteiger partial charge >= 0.3 is 0 Å². The van der Waals surface area contributed by atoms with Gasteiger partial charge in [-0.2, -0.15) is 5.26 Å². The Balaban J connectivity index is 3.91. The third-order valence-corrected chi connectivity index (χ3v) is 2.52. The Morgan fingerprint density at radius 3 is 2.73 bits per heavy atom. The van der Waals surface area contributed by atoms with Crippen molar-refractivity contribution in [1.82, 2.24) is 5.32 Å². The molecule has 0 saturated heterocycles. The summed E-state index contributed by atoms with van der Waals surface area (Å²) in [5.74, 6) is 0. The zero-order valence-electron chi connectivity index (χ0n) is 7.09. The molecular formula is C7H13N3S. The minimum Gasteiger partial charge on any atom is -0.368 e. The summed E-state index contributed by atoms with van der Waals surface area (Å²) in [6.45, 7) is 1.99. The van der Waals surface area contributed by atoms with Gasteiger partial charge in [-0.15, -0.1) is 0 Å². The largest absolute Gasteiger partial charge is 0.368 e. The van der Waals surface area contributed by atoms with Crippen molar-refractivity contribution in [3.8, 4) is 6.07 Å². The van der Waals surface area contributed by atoms with Crippen molar-refractivity contribution in [1.29, 1.82) is 5.26 Å². The van der Waals surface area contributed by atoms with E-state index in [1.807, 2.05) is 6.92 Å². The molecule has 62 valence electrons. The highest BCUT2D eigenvalue weighted by Crippen LogP contribution is 2.13. The Morgan fingerprint density at radius 1 is 1.82 bits per heavy atom. The number of amidine groups is 1. The first kappa shape index (κ1) is 10.3. The van der Waals surface area contributed by atoms with E-state index < -0.39 is 0 Å². The maximum Gasteiger partial charge on any atom is 0.157 e. The molecule has 0 spiro atoms. The van der Waals surface area contributed by atoms with Crippen LogP contribution in [0.2, 0.25) is 0 Å². The molecule has 0 aliphatic carbocycles. The molecule has 1 atom stereocenters. The summed E-state index contributed by atoms with van der Waals surface area (Å²) in [5, 5.41) is 12.4. The Morgan fingerprint density at radius 2 is 2.45 bits per heavy atom. The molecule has 0 bridgehead atoms. The second-order valence-corrected chi connectivity index (χ2v) is 3.11. The number of nitrogens with one attached hydrogen (secondary N) is 1. The molecule has 0 saturated carbocycles. The van der Waals surface area contributed by atoms with E-state index in [0.29, 0.717) is 0 Å². The number of aliphatic imine (C=N–C) groups is 1. The zero-order valence-corrected chi connectivity index (χ0v) is 7.90. The van der Waals surface area contributed by atoms with Crippen LogP contribution in [0.5, 0.6) is 0 Å². The number of hydrogen-bond acceptors (Lipinski definition) is 3. The lowest BCUT2D eigenvalue weighted by molar-refractivity contribution is 0.989. The molecule has 1 unspecified atom stereocenters. The van der Waals surface area contributed by atoms with Gasteiger partial charge < -0.3 is 5.32 Å². The van der Waals surface area contributed by atoms with Gasteiger partial charge in [0.1, 0.15) is 0 Å². The van der Waals surface area contributed by atoms with Crippen LogP contribution in [0, 0.1) is 11.3 Å². The number of thioether (sulfide) groups is 1. The zero-order chi connectivity index (χ0) is 8.69. The van der Waals surface area contributed by atoms with Gasteiger partial charge in [0.2, 0.25) is 0 Å². The molecule has 3 nitrogen and oxygen atoms in total. The monoisotopic (exact) mass is 171 g/mol. The molecule has 0 aliphatic heterocycles. The molecule has 0 heterocycles. The number of rotatable bonds is 2. The standard InChI is InChI=1S/C7H13N3S/c1-4-6(5-8)11-7(9-2)10-3/h6H,4H2,1-3H3,(H,9,10). The minimum absolute atomic E-state index is 0.0150. The molecule has 11 heavy (non-hydrogen) atoms. The van der Waals surface area contributed by atoms with E-state index in [9.17, 15) is 0 Å². The minimum atomic E-state index is 0.0150. The number of hydrogen-bond donors (Lipinski definition) is 1. The van der Waals surface area contributed by atoms with E-state index in [-0.39, 0.29) is 5.25 Å². The topological polar surface area (TPSA) is 48.2 Å². The van der Waals surface area contributed by atoms with Crippen molar-refractivity contribution in [2.45, 2.75) is 18.6 Å². The van der Waals surface area contributed by atoms with Gasteiger partial charge in [-0.25, -0.2) is 0 Å². The van der Waals surface area contributed by atoms with E-state index >= 15 is 0 Å². The van der Waals surface area contributed by atoms with Crippen molar-refractivity contribution >= 4 is 16.9 Å². The summed E-state index contributed by atoms with van der Waals surface area (Å²) < 4.78 is 0. The summed E-state index contributed by atoms with van der Waals surface area (Å²) in [5.41, 5.74) is 0. The van der Waals surface area contributed by atoms with Crippen LogP contribution in [-0.2, 0) is 0 Å². The van der Waals surface area contributed by atoms with Gasteiger partial charge in [0.05, 0.1) is 11.3 Å². The van der Waals surface area contributed by atoms with Gasteiger partial charge in [-0.3, -0.25) is 4.99 Å². The molecule has 0 aliphatic rings. The summed E-state index contributed by atoms with van der Waals surface area (Å²) in [6.07, 6.45) is 0.849. The van der Waals surface area contributed by atoms with Crippen molar-refractivity contribution in [3.63, 3.8) is 0 Å². The van der Waals surface area contributed by atoms with Crippen LogP contribution >= 0.6 is 11.8 Å². The molecule has 0 radical (unpaired) electrons. The summed E-state index contributed by atoms with van der Waals surface area (Å²) >= 11 is 1.47. The van der Waals surface area contributed by atoms with E-state index in [1.165, 1.54) is 11.8 Å². The fraction of sp³-hybridized carbons (Fsp3) is 0.714. The van der Waals surface area contributed by atoms with Crippen LogP contribution in [0.3, 0.4) is 0 Å². The first-order chi connectivity index (χ1) is 5.28. The van der Waals surface area contributed by atoms with Gasteiger partial charge in [0, 0.05) is 14.1 Å². The van der Waals surface area contributed by atoms with Crippen LogP contribution in [0.15, 0.2) is 4.99 Å². The second-order valence-electron chi connectivity index (χ2n) is 1.92. The molecule has 4 heteroatoms. The van der Waals surface area contributed by atoms with Crippen LogP contribution in [-0.4, -0.2) is 24.5 Å². The highest BCUT2D eigenvalue weighted by molar-refractivity contribution is 8.14. The highest BCUT2D eigenvalue weighted by Gasteiger charge is 2.07. The van der Waals surface area contributed by atoms with Crippen molar-refractivity contribution in [2.24, 2.45) is 4.99 Å². The average Bonchev–Trinajstić information content (AvgIpc) is 2.07. The van der Waals surface area contributed by atoms with E-state index in [2.05, 4.69) is 16.4 Å². The lowest BCUT2D eigenvalue weighted by Gasteiger charge is -2.06. The van der Waals surface area contributed by atoms with Crippen LogP contribution in [0.25, 0.3) is 0 Å². The third kappa shape index (κ3) is 3.89. The van der Waals surface area contributed by atoms with Crippen molar-refractivity contribution < 1.29 is 0 Å². The second kappa shape index (κ2) is 6.05. The SMILES string of the molecule is CCC(C#N)SC(=NC)NC. The summed E-state index contributed by atoms with van der Waals surface area (Å²) in [6, 6.07) is 2.19. The molecule has 0 rings (SSSR count). The molecule has 1 N–H and O–H groups in total. The molecule has 0 aromatic heterocycles. The predicted molar refractivity (Wildman–Crippen MR) is 49.7 cm³/mol.